The van der Waals surface area contributed by atoms with Crippen LogP contribution in [-0.2, 0) is 4.84 Å². The topological polar surface area (TPSA) is 47.9 Å². The number of hydrogen-bond acceptors (Lipinski definition) is 4. The molecule has 3 rings (SSSR count). The maximum absolute atomic E-state index is 10.8. The van der Waals surface area contributed by atoms with E-state index in [0.717, 1.165) is 23.1 Å². The van der Waals surface area contributed by atoms with E-state index in [1.54, 1.807) is 19.2 Å². The molecule has 0 saturated carbocycles. The number of benzene rings is 2. The lowest BCUT2D eigenvalue weighted by molar-refractivity contribution is 0.0857. The first-order valence-electron chi connectivity index (χ1n) is 6.73. The molecule has 0 N–H and O–H groups in total. The van der Waals surface area contributed by atoms with Crippen molar-refractivity contribution in [3.05, 3.63) is 65.2 Å². The number of oxime groups is 1. The molecule has 1 aliphatic heterocycles. The van der Waals surface area contributed by atoms with Crippen LogP contribution in [0.3, 0.4) is 0 Å². The summed E-state index contributed by atoms with van der Waals surface area (Å²) in [5.41, 5.74) is 3.37. The highest BCUT2D eigenvalue weighted by Gasteiger charge is 2.25. The van der Waals surface area contributed by atoms with Gasteiger partial charge in [-0.3, -0.25) is 4.79 Å². The van der Waals surface area contributed by atoms with Gasteiger partial charge < -0.3 is 9.57 Å². The van der Waals surface area contributed by atoms with Crippen LogP contribution in [0.25, 0.3) is 0 Å². The van der Waals surface area contributed by atoms with Crippen molar-refractivity contribution in [2.24, 2.45) is 5.16 Å². The number of hydrogen-bond donors (Lipinski definition) is 0. The minimum absolute atomic E-state index is 0.0725. The van der Waals surface area contributed by atoms with Gasteiger partial charge in [0.15, 0.2) is 6.10 Å². The van der Waals surface area contributed by atoms with E-state index in [1.165, 1.54) is 0 Å². The highest BCUT2D eigenvalue weighted by Crippen LogP contribution is 2.32. The maximum atomic E-state index is 10.8. The Morgan fingerprint density at radius 3 is 2.76 bits per heavy atom. The minimum Gasteiger partial charge on any atom is -0.496 e. The van der Waals surface area contributed by atoms with E-state index in [0.29, 0.717) is 17.7 Å². The summed E-state index contributed by atoms with van der Waals surface area (Å²) in [4.78, 5) is 16.4. The number of methoxy groups -OCH3 is 1. The van der Waals surface area contributed by atoms with Gasteiger partial charge in [0.2, 0.25) is 0 Å². The van der Waals surface area contributed by atoms with Crippen molar-refractivity contribution in [3.63, 3.8) is 0 Å². The molecule has 4 heteroatoms. The van der Waals surface area contributed by atoms with Gasteiger partial charge in [0.1, 0.15) is 12.0 Å². The van der Waals surface area contributed by atoms with Crippen molar-refractivity contribution in [1.82, 2.24) is 0 Å². The number of nitrogens with zero attached hydrogens (tertiary/aromatic N) is 1. The molecule has 0 fully saturated rings. The molecule has 4 nitrogen and oxygen atoms in total. The molecule has 0 aromatic heterocycles. The molecular formula is C17H15NO3. The average molecular weight is 281 g/mol. The third-order valence-corrected chi connectivity index (χ3v) is 3.51. The molecule has 2 aromatic rings. The third-order valence-electron chi connectivity index (χ3n) is 3.51. The number of carbonyl (C=O) groups is 1. The van der Waals surface area contributed by atoms with Gasteiger partial charge >= 0.3 is 0 Å². The van der Waals surface area contributed by atoms with Gasteiger partial charge in [0.25, 0.3) is 0 Å². The largest absolute Gasteiger partial charge is 0.496 e. The lowest BCUT2D eigenvalue weighted by atomic mass is 9.99. The quantitative estimate of drug-likeness (QED) is 0.807. The molecule has 0 aliphatic carbocycles. The summed E-state index contributed by atoms with van der Waals surface area (Å²) in [5.74, 6) is 0.635. The Morgan fingerprint density at radius 1 is 1.24 bits per heavy atom. The Kier molecular flexibility index (Phi) is 3.69. The van der Waals surface area contributed by atoms with E-state index in [-0.39, 0.29) is 6.10 Å². The van der Waals surface area contributed by atoms with E-state index >= 15 is 0 Å². The summed E-state index contributed by atoms with van der Waals surface area (Å²) in [6.07, 6.45) is 1.41. The van der Waals surface area contributed by atoms with Gasteiger partial charge in [-0.05, 0) is 17.7 Å². The highest BCUT2D eigenvalue weighted by molar-refractivity contribution is 6.04. The van der Waals surface area contributed by atoms with Gasteiger partial charge in [-0.25, -0.2) is 0 Å². The van der Waals surface area contributed by atoms with Crippen LogP contribution < -0.4 is 4.74 Å². The monoisotopic (exact) mass is 281 g/mol. The fourth-order valence-electron chi connectivity index (χ4n) is 2.40. The van der Waals surface area contributed by atoms with Crippen molar-refractivity contribution in [2.45, 2.75) is 12.5 Å². The van der Waals surface area contributed by atoms with Crippen LogP contribution in [0.5, 0.6) is 5.75 Å². The van der Waals surface area contributed by atoms with Crippen molar-refractivity contribution in [2.75, 3.05) is 7.11 Å². The summed E-state index contributed by atoms with van der Waals surface area (Å²) in [5, 5.41) is 4.18. The molecule has 0 spiro atoms. The number of ether oxygens (including phenoxy) is 1. The lowest BCUT2D eigenvalue weighted by Gasteiger charge is -2.09. The summed E-state index contributed by atoms with van der Waals surface area (Å²) in [6.45, 7) is 0. The third kappa shape index (κ3) is 2.65. The Labute approximate surface area is 123 Å². The Balaban J connectivity index is 1.85. The van der Waals surface area contributed by atoms with Crippen LogP contribution in [-0.4, -0.2) is 19.1 Å². The van der Waals surface area contributed by atoms with Crippen LogP contribution >= 0.6 is 0 Å². The second-order valence-electron chi connectivity index (χ2n) is 4.82. The zero-order valence-electron chi connectivity index (χ0n) is 11.7. The van der Waals surface area contributed by atoms with Gasteiger partial charge in [-0.15, -0.1) is 0 Å². The molecule has 21 heavy (non-hydrogen) atoms. The molecule has 1 atom stereocenters. The summed E-state index contributed by atoms with van der Waals surface area (Å²) in [7, 11) is 1.58. The molecule has 0 radical (unpaired) electrons. The fraction of sp³-hybridized carbons (Fsp3) is 0.176. The van der Waals surface area contributed by atoms with Gasteiger partial charge in [0.05, 0.1) is 12.8 Å². The number of rotatable bonds is 4. The van der Waals surface area contributed by atoms with Gasteiger partial charge in [0, 0.05) is 17.5 Å². The molecule has 1 unspecified atom stereocenters. The average Bonchev–Trinajstić information content (AvgIpc) is 3.04. The van der Waals surface area contributed by atoms with E-state index in [1.807, 2.05) is 36.4 Å². The standard InChI is InChI=1S/C17H15NO3/c1-20-17-9-12(11-19)7-8-14(17)15-10-16(21-18-15)13-5-3-2-4-6-13/h2-9,11,16H,10H2,1H3. The van der Waals surface area contributed by atoms with Crippen LogP contribution in [0.15, 0.2) is 53.7 Å². The zero-order chi connectivity index (χ0) is 14.7. The molecule has 1 heterocycles. The van der Waals surface area contributed by atoms with E-state index in [9.17, 15) is 4.79 Å². The van der Waals surface area contributed by atoms with Crippen molar-refractivity contribution in [1.29, 1.82) is 0 Å². The molecular weight excluding hydrogens is 266 g/mol. The molecule has 2 aromatic carbocycles. The minimum atomic E-state index is -0.0725. The van der Waals surface area contributed by atoms with E-state index in [2.05, 4.69) is 5.16 Å². The predicted octanol–water partition coefficient (Wildman–Crippen LogP) is 3.37. The second-order valence-corrected chi connectivity index (χ2v) is 4.82. The van der Waals surface area contributed by atoms with Crippen LogP contribution in [0.2, 0.25) is 0 Å². The summed E-state index contributed by atoms with van der Waals surface area (Å²) >= 11 is 0. The van der Waals surface area contributed by atoms with Crippen molar-refractivity contribution in [3.8, 4) is 5.75 Å². The predicted molar refractivity (Wildman–Crippen MR) is 79.8 cm³/mol. The van der Waals surface area contributed by atoms with E-state index < -0.39 is 0 Å². The first-order valence-corrected chi connectivity index (χ1v) is 6.73. The van der Waals surface area contributed by atoms with Crippen LogP contribution in [0.1, 0.15) is 34.0 Å². The Morgan fingerprint density at radius 2 is 2.05 bits per heavy atom. The molecule has 0 bridgehead atoms. The molecule has 0 saturated heterocycles. The zero-order valence-corrected chi connectivity index (χ0v) is 11.7. The fourth-order valence-corrected chi connectivity index (χ4v) is 2.40. The van der Waals surface area contributed by atoms with Crippen molar-refractivity contribution >= 4 is 12.0 Å². The highest BCUT2D eigenvalue weighted by atomic mass is 16.6. The first-order chi connectivity index (χ1) is 10.3. The Bertz CT molecular complexity index is 680. The van der Waals surface area contributed by atoms with Gasteiger partial charge in [-0.1, -0.05) is 41.6 Å². The smallest absolute Gasteiger partial charge is 0.158 e. The maximum Gasteiger partial charge on any atom is 0.158 e. The van der Waals surface area contributed by atoms with Crippen molar-refractivity contribution < 1.29 is 14.4 Å². The van der Waals surface area contributed by atoms with Crippen LogP contribution in [0.4, 0.5) is 0 Å². The second kappa shape index (κ2) is 5.79. The molecule has 0 amide bonds. The number of aldehydes is 1. The molecule has 1 aliphatic rings. The molecule has 106 valence electrons. The Hall–Kier alpha value is -2.62. The number of carbonyl (C=O) groups excluding carboxylic acids is 1. The summed E-state index contributed by atoms with van der Waals surface area (Å²) < 4.78 is 5.35. The summed E-state index contributed by atoms with van der Waals surface area (Å²) in [6, 6.07) is 15.3. The van der Waals surface area contributed by atoms with Gasteiger partial charge in [-0.2, -0.15) is 0 Å². The lowest BCUT2D eigenvalue weighted by Crippen LogP contribution is -2.04. The van der Waals surface area contributed by atoms with Crippen LogP contribution in [0, 0.1) is 0 Å². The first kappa shape index (κ1) is 13.4. The normalized spacial score (nSPS) is 17.0. The van der Waals surface area contributed by atoms with E-state index in [4.69, 9.17) is 9.57 Å². The SMILES string of the molecule is COc1cc(C=O)ccc1C1=NOC(c2ccccc2)C1.